The average molecular weight is 340 g/mol. The summed E-state index contributed by atoms with van der Waals surface area (Å²) in [5.74, 6) is -2.79. The smallest absolute Gasteiger partial charge is 0.248 e. The SMILES string of the molecule is CC1CN(C(=O)C2CCC(F)(F)CC2)CC(CBr)O1. The van der Waals surface area contributed by atoms with Crippen LogP contribution in [0.1, 0.15) is 32.6 Å². The molecule has 0 spiro atoms. The van der Waals surface area contributed by atoms with Crippen LogP contribution in [0.3, 0.4) is 0 Å². The summed E-state index contributed by atoms with van der Waals surface area (Å²) in [4.78, 5) is 14.2. The second kappa shape index (κ2) is 6.04. The van der Waals surface area contributed by atoms with Gasteiger partial charge in [-0.25, -0.2) is 8.78 Å². The topological polar surface area (TPSA) is 29.5 Å². The van der Waals surface area contributed by atoms with Crippen molar-refractivity contribution in [2.75, 3.05) is 18.4 Å². The van der Waals surface area contributed by atoms with Gasteiger partial charge in [0, 0.05) is 37.2 Å². The molecular formula is C13H20BrF2NO2. The number of hydrogen-bond acceptors (Lipinski definition) is 2. The Labute approximate surface area is 120 Å². The van der Waals surface area contributed by atoms with E-state index in [-0.39, 0.29) is 36.9 Å². The first-order valence-corrected chi connectivity index (χ1v) is 7.91. The third-order valence-corrected chi connectivity index (χ3v) is 4.60. The van der Waals surface area contributed by atoms with Crippen molar-refractivity contribution in [3.8, 4) is 0 Å². The molecule has 0 aromatic carbocycles. The van der Waals surface area contributed by atoms with Crippen LogP contribution in [0.2, 0.25) is 0 Å². The van der Waals surface area contributed by atoms with Gasteiger partial charge in [0.2, 0.25) is 11.8 Å². The molecule has 2 aliphatic rings. The van der Waals surface area contributed by atoms with Crippen LogP contribution in [-0.2, 0) is 9.53 Å². The van der Waals surface area contributed by atoms with E-state index in [4.69, 9.17) is 4.74 Å². The third-order valence-electron chi connectivity index (χ3n) is 3.88. The molecule has 19 heavy (non-hydrogen) atoms. The Morgan fingerprint density at radius 2 is 2.00 bits per heavy atom. The second-order valence-corrected chi connectivity index (χ2v) is 6.24. The van der Waals surface area contributed by atoms with E-state index >= 15 is 0 Å². The van der Waals surface area contributed by atoms with E-state index in [1.165, 1.54) is 0 Å². The molecule has 1 aliphatic carbocycles. The summed E-state index contributed by atoms with van der Waals surface area (Å²) >= 11 is 3.36. The Kier molecular flexibility index (Phi) is 4.82. The molecule has 0 bridgehead atoms. The lowest BCUT2D eigenvalue weighted by Crippen LogP contribution is -2.52. The van der Waals surface area contributed by atoms with Crippen LogP contribution >= 0.6 is 15.9 Å². The molecule has 1 saturated carbocycles. The molecule has 2 unspecified atom stereocenters. The zero-order valence-corrected chi connectivity index (χ0v) is 12.7. The molecule has 0 N–H and O–H groups in total. The van der Waals surface area contributed by atoms with Crippen LogP contribution < -0.4 is 0 Å². The Morgan fingerprint density at radius 1 is 1.37 bits per heavy atom. The Balaban J connectivity index is 1.92. The highest BCUT2D eigenvalue weighted by molar-refractivity contribution is 9.09. The van der Waals surface area contributed by atoms with Gasteiger partial charge in [-0.1, -0.05) is 15.9 Å². The van der Waals surface area contributed by atoms with E-state index in [2.05, 4.69) is 15.9 Å². The molecule has 0 aromatic heterocycles. The fourth-order valence-corrected chi connectivity index (χ4v) is 3.21. The summed E-state index contributed by atoms with van der Waals surface area (Å²) in [6.07, 6.45) is 0.284. The van der Waals surface area contributed by atoms with Crippen molar-refractivity contribution in [1.82, 2.24) is 4.90 Å². The fourth-order valence-electron chi connectivity index (χ4n) is 2.86. The minimum absolute atomic E-state index is 0.00210. The molecule has 2 fully saturated rings. The first-order chi connectivity index (χ1) is 8.91. The molecule has 1 aliphatic heterocycles. The van der Waals surface area contributed by atoms with Crippen molar-refractivity contribution in [1.29, 1.82) is 0 Å². The van der Waals surface area contributed by atoms with Gasteiger partial charge in [-0.05, 0) is 19.8 Å². The highest BCUT2D eigenvalue weighted by Gasteiger charge is 2.39. The van der Waals surface area contributed by atoms with Gasteiger partial charge in [-0.2, -0.15) is 0 Å². The van der Waals surface area contributed by atoms with Gasteiger partial charge < -0.3 is 9.64 Å². The predicted molar refractivity (Wildman–Crippen MR) is 71.6 cm³/mol. The molecular weight excluding hydrogens is 320 g/mol. The predicted octanol–water partition coefficient (Wildman–Crippen LogP) is 2.82. The Bertz CT molecular complexity index is 331. The third kappa shape index (κ3) is 3.88. The second-order valence-electron chi connectivity index (χ2n) is 5.60. The molecule has 3 nitrogen and oxygen atoms in total. The van der Waals surface area contributed by atoms with E-state index in [0.717, 1.165) is 0 Å². The molecule has 2 atom stereocenters. The van der Waals surface area contributed by atoms with Crippen LogP contribution in [0.4, 0.5) is 8.78 Å². The van der Waals surface area contributed by atoms with Gasteiger partial charge in [0.1, 0.15) is 0 Å². The van der Waals surface area contributed by atoms with Gasteiger partial charge in [-0.15, -0.1) is 0 Å². The Morgan fingerprint density at radius 3 is 2.58 bits per heavy atom. The number of ether oxygens (including phenoxy) is 1. The number of carbonyl (C=O) groups is 1. The number of halogens is 3. The van der Waals surface area contributed by atoms with Crippen molar-refractivity contribution in [2.45, 2.75) is 50.7 Å². The van der Waals surface area contributed by atoms with Crippen LogP contribution in [0, 0.1) is 5.92 Å². The number of hydrogen-bond donors (Lipinski definition) is 0. The van der Waals surface area contributed by atoms with Gasteiger partial charge in [-0.3, -0.25) is 4.79 Å². The normalized spacial score (nSPS) is 32.3. The number of carbonyl (C=O) groups excluding carboxylic acids is 1. The molecule has 6 heteroatoms. The molecule has 1 amide bonds. The van der Waals surface area contributed by atoms with Gasteiger partial charge >= 0.3 is 0 Å². The minimum atomic E-state index is -2.58. The van der Waals surface area contributed by atoms with Crippen molar-refractivity contribution >= 4 is 21.8 Å². The number of nitrogens with zero attached hydrogens (tertiary/aromatic N) is 1. The molecule has 0 aromatic rings. The summed E-state index contributed by atoms with van der Waals surface area (Å²) in [7, 11) is 0. The lowest BCUT2D eigenvalue weighted by Gasteiger charge is -2.39. The maximum absolute atomic E-state index is 13.1. The summed E-state index contributed by atoms with van der Waals surface area (Å²) in [5, 5.41) is 0.684. The van der Waals surface area contributed by atoms with Crippen LogP contribution in [0.5, 0.6) is 0 Å². The summed E-state index contributed by atoms with van der Waals surface area (Å²) < 4.78 is 31.9. The lowest BCUT2D eigenvalue weighted by molar-refractivity contribution is -0.150. The largest absolute Gasteiger partial charge is 0.371 e. The van der Waals surface area contributed by atoms with Gasteiger partial charge in [0.25, 0.3) is 0 Å². The molecule has 0 radical (unpaired) electrons. The first-order valence-electron chi connectivity index (χ1n) is 6.79. The van der Waals surface area contributed by atoms with Gasteiger partial charge in [0.05, 0.1) is 12.2 Å². The van der Waals surface area contributed by atoms with Crippen molar-refractivity contribution in [3.05, 3.63) is 0 Å². The summed E-state index contributed by atoms with van der Waals surface area (Å²) in [5.41, 5.74) is 0. The zero-order valence-electron chi connectivity index (χ0n) is 11.1. The fraction of sp³-hybridized carbons (Fsp3) is 0.923. The molecule has 1 saturated heterocycles. The lowest BCUT2D eigenvalue weighted by atomic mass is 9.85. The van der Waals surface area contributed by atoms with Crippen molar-refractivity contribution < 1.29 is 18.3 Å². The van der Waals surface area contributed by atoms with E-state index in [1.54, 1.807) is 4.90 Å². The molecule has 1 heterocycles. The number of amides is 1. The number of morpholine rings is 1. The zero-order chi connectivity index (χ0) is 14.0. The van der Waals surface area contributed by atoms with Crippen molar-refractivity contribution in [2.24, 2.45) is 5.92 Å². The van der Waals surface area contributed by atoms with E-state index < -0.39 is 5.92 Å². The van der Waals surface area contributed by atoms with Crippen LogP contribution in [0.15, 0.2) is 0 Å². The highest BCUT2D eigenvalue weighted by Crippen LogP contribution is 2.37. The molecule has 110 valence electrons. The maximum atomic E-state index is 13.1. The molecule has 2 rings (SSSR count). The Hall–Kier alpha value is -0.230. The summed E-state index contributed by atoms with van der Waals surface area (Å²) in [6, 6.07) is 0. The number of rotatable bonds is 2. The van der Waals surface area contributed by atoms with E-state index in [0.29, 0.717) is 31.3 Å². The van der Waals surface area contributed by atoms with E-state index in [1.807, 2.05) is 6.92 Å². The summed E-state index contributed by atoms with van der Waals surface area (Å²) in [6.45, 7) is 3.06. The average Bonchev–Trinajstić information content (AvgIpc) is 2.37. The minimum Gasteiger partial charge on any atom is -0.371 e. The quantitative estimate of drug-likeness (QED) is 0.724. The monoisotopic (exact) mass is 339 g/mol. The highest BCUT2D eigenvalue weighted by atomic mass is 79.9. The number of alkyl halides is 3. The van der Waals surface area contributed by atoms with Crippen LogP contribution in [-0.4, -0.2) is 47.4 Å². The van der Waals surface area contributed by atoms with Crippen molar-refractivity contribution in [3.63, 3.8) is 0 Å². The standard InChI is InChI=1S/C13H20BrF2NO2/c1-9-7-17(8-11(6-14)19-9)12(18)10-2-4-13(15,16)5-3-10/h9-11H,2-8H2,1H3. The van der Waals surface area contributed by atoms with E-state index in [9.17, 15) is 13.6 Å². The van der Waals surface area contributed by atoms with Crippen LogP contribution in [0.25, 0.3) is 0 Å². The van der Waals surface area contributed by atoms with Gasteiger partial charge in [0.15, 0.2) is 0 Å². The first kappa shape index (κ1) is 15.2. The maximum Gasteiger partial charge on any atom is 0.248 e.